The maximum Gasteiger partial charge on any atom is 0.535 e. The molecule has 1 rings (SSSR count). The van der Waals surface area contributed by atoms with Gasteiger partial charge in [-0.05, 0) is 6.92 Å². The van der Waals surface area contributed by atoms with Gasteiger partial charge in [0.05, 0.1) is 6.61 Å². The van der Waals surface area contributed by atoms with Crippen LogP contribution in [0.5, 0.6) is 0 Å². The smallest absolute Gasteiger partial charge is 0.433 e. The first-order valence-electron chi connectivity index (χ1n) is 4.18. The van der Waals surface area contributed by atoms with Crippen LogP contribution >= 0.6 is 11.3 Å². The summed E-state index contributed by atoms with van der Waals surface area (Å²) in [5, 5.41) is 5.02. The summed E-state index contributed by atoms with van der Waals surface area (Å²) in [4.78, 5) is 29.4. The molecular weight excluding hydrogens is 234 g/mol. The van der Waals surface area contributed by atoms with E-state index >= 15 is 0 Å². The summed E-state index contributed by atoms with van der Waals surface area (Å²) >= 11 is 1.13. The summed E-state index contributed by atoms with van der Waals surface area (Å²) in [5.74, 6) is 0. The molecule has 1 aromatic heterocycles. The van der Waals surface area contributed by atoms with Gasteiger partial charge in [-0.3, -0.25) is 9.63 Å². The lowest BCUT2D eigenvalue weighted by atomic mass is 10.3. The summed E-state index contributed by atoms with van der Waals surface area (Å²) in [7, 11) is 0. The van der Waals surface area contributed by atoms with Crippen molar-refractivity contribution in [3.63, 3.8) is 0 Å². The zero-order valence-corrected chi connectivity index (χ0v) is 9.11. The third kappa shape index (κ3) is 3.31. The lowest BCUT2D eigenvalue weighted by Crippen LogP contribution is -2.08. The Labute approximate surface area is 94.9 Å². The maximum absolute atomic E-state index is 10.8. The maximum atomic E-state index is 10.8. The lowest BCUT2D eigenvalue weighted by Gasteiger charge is -1.97. The summed E-state index contributed by atoms with van der Waals surface area (Å²) in [6.45, 7) is 1.76. The number of rotatable bonds is 4. The molecule has 0 fully saturated rings. The van der Waals surface area contributed by atoms with Gasteiger partial charge in [-0.2, -0.15) is 0 Å². The average molecular weight is 242 g/mol. The van der Waals surface area contributed by atoms with E-state index < -0.39 is 6.16 Å². The fourth-order valence-corrected chi connectivity index (χ4v) is 1.29. The van der Waals surface area contributed by atoms with E-state index in [-0.39, 0.29) is 23.1 Å². The van der Waals surface area contributed by atoms with Crippen molar-refractivity contribution in [2.24, 2.45) is 5.16 Å². The quantitative estimate of drug-likeness (QED) is 0.361. The molecule has 8 heteroatoms. The molecule has 0 spiro atoms. The number of carbonyl (C=O) groups excluding carboxylic acids is 2. The van der Waals surface area contributed by atoms with Crippen LogP contribution in [0.2, 0.25) is 0 Å². The van der Waals surface area contributed by atoms with Gasteiger partial charge in [-0.1, -0.05) is 5.16 Å². The van der Waals surface area contributed by atoms with E-state index in [2.05, 4.69) is 19.7 Å². The van der Waals surface area contributed by atoms with E-state index in [0.717, 1.165) is 11.3 Å². The minimum absolute atomic E-state index is 0.151. The molecule has 0 aliphatic rings. The van der Waals surface area contributed by atoms with E-state index in [4.69, 9.17) is 5.73 Å². The minimum Gasteiger partial charge on any atom is -0.433 e. The molecule has 2 N–H and O–H groups in total. The van der Waals surface area contributed by atoms with Crippen LogP contribution in [0.25, 0.3) is 0 Å². The molecule has 0 saturated heterocycles. The Hall–Kier alpha value is -1.96. The number of anilines is 1. The van der Waals surface area contributed by atoms with Crippen LogP contribution in [-0.4, -0.2) is 29.7 Å². The molecule has 1 radical (unpaired) electrons. The van der Waals surface area contributed by atoms with Crippen molar-refractivity contribution in [3.8, 4) is 0 Å². The summed E-state index contributed by atoms with van der Waals surface area (Å²) in [6.07, 6.45) is 0.484. The molecule has 0 aliphatic heterocycles. The molecule has 1 aromatic rings. The van der Waals surface area contributed by atoms with E-state index in [1.165, 1.54) is 11.7 Å². The Balaban J connectivity index is 2.71. The molecule has 7 nitrogen and oxygen atoms in total. The minimum atomic E-state index is -1.00. The topological polar surface area (TPSA) is 104 Å². The Morgan fingerprint density at radius 1 is 1.75 bits per heavy atom. The Bertz CT molecular complexity index is 415. The highest BCUT2D eigenvalue weighted by Gasteiger charge is 2.10. The first-order chi connectivity index (χ1) is 7.67. The van der Waals surface area contributed by atoms with Gasteiger partial charge in [0.2, 0.25) is 0 Å². The van der Waals surface area contributed by atoms with Crippen LogP contribution in [0, 0.1) is 0 Å². The van der Waals surface area contributed by atoms with Crippen LogP contribution < -0.4 is 5.73 Å². The Morgan fingerprint density at radius 2 is 2.50 bits per heavy atom. The number of nitrogen functional groups attached to an aromatic ring is 1. The van der Waals surface area contributed by atoms with Gasteiger partial charge in [-0.15, -0.1) is 11.3 Å². The van der Waals surface area contributed by atoms with Crippen LogP contribution in [-0.2, 0) is 14.4 Å². The van der Waals surface area contributed by atoms with E-state index in [9.17, 15) is 9.59 Å². The first-order valence-corrected chi connectivity index (χ1v) is 5.06. The van der Waals surface area contributed by atoms with Crippen LogP contribution in [0.3, 0.4) is 0 Å². The van der Waals surface area contributed by atoms with Gasteiger partial charge in [0.1, 0.15) is 5.69 Å². The zero-order valence-electron chi connectivity index (χ0n) is 8.30. The van der Waals surface area contributed by atoms with Gasteiger partial charge < -0.3 is 10.5 Å². The van der Waals surface area contributed by atoms with Gasteiger partial charge in [0.25, 0.3) is 6.29 Å². The van der Waals surface area contributed by atoms with Crippen molar-refractivity contribution in [3.05, 3.63) is 11.1 Å². The van der Waals surface area contributed by atoms with Crippen molar-refractivity contribution < 1.29 is 19.2 Å². The second-order valence-electron chi connectivity index (χ2n) is 2.39. The van der Waals surface area contributed by atoms with Crippen molar-refractivity contribution in [2.45, 2.75) is 6.92 Å². The normalized spacial score (nSPS) is 10.9. The lowest BCUT2D eigenvalue weighted by molar-refractivity contribution is 0.0616. The van der Waals surface area contributed by atoms with Crippen LogP contribution in [0.4, 0.5) is 9.93 Å². The van der Waals surface area contributed by atoms with Crippen LogP contribution in [0.1, 0.15) is 12.6 Å². The van der Waals surface area contributed by atoms with Gasteiger partial charge >= 0.3 is 6.16 Å². The van der Waals surface area contributed by atoms with Crippen molar-refractivity contribution in [1.82, 2.24) is 4.98 Å². The molecule has 85 valence electrons. The molecule has 0 unspecified atom stereocenters. The summed E-state index contributed by atoms with van der Waals surface area (Å²) in [5.41, 5.74) is 5.31. The molecule has 16 heavy (non-hydrogen) atoms. The van der Waals surface area contributed by atoms with Gasteiger partial charge in [0.15, 0.2) is 10.8 Å². The summed E-state index contributed by atoms with van der Waals surface area (Å²) in [6, 6.07) is 0. The number of aromatic nitrogens is 1. The predicted octanol–water partition coefficient (Wildman–Crippen LogP) is 0.712. The van der Waals surface area contributed by atoms with Crippen molar-refractivity contribution in [1.29, 1.82) is 0 Å². The third-order valence-corrected chi connectivity index (χ3v) is 2.01. The largest absolute Gasteiger partial charge is 0.535 e. The number of nitrogens with two attached hydrogens (primary N) is 1. The number of hydrogen-bond donors (Lipinski definition) is 1. The fourth-order valence-electron chi connectivity index (χ4n) is 0.741. The van der Waals surface area contributed by atoms with Gasteiger partial charge in [0, 0.05) is 5.38 Å². The number of nitrogens with zero attached hydrogens (tertiary/aromatic N) is 2. The number of ether oxygens (including phenoxy) is 1. The number of oxime groups is 1. The first kappa shape index (κ1) is 12.1. The fraction of sp³-hybridized carbons (Fsp3) is 0.250. The molecular formula is C8H8N3O4S. The predicted molar refractivity (Wildman–Crippen MR) is 56.9 cm³/mol. The molecule has 0 bridgehead atoms. The second-order valence-corrected chi connectivity index (χ2v) is 3.28. The highest BCUT2D eigenvalue weighted by molar-refractivity contribution is 7.13. The Kier molecular flexibility index (Phi) is 4.40. The van der Waals surface area contributed by atoms with Crippen LogP contribution in [0.15, 0.2) is 10.5 Å². The highest BCUT2D eigenvalue weighted by Crippen LogP contribution is 2.11. The van der Waals surface area contributed by atoms with Gasteiger partial charge in [-0.25, -0.2) is 9.78 Å². The monoisotopic (exact) mass is 242 g/mol. The number of hydrogen-bond acceptors (Lipinski definition) is 8. The van der Waals surface area contributed by atoms with E-state index in [1.807, 2.05) is 0 Å². The summed E-state index contributed by atoms with van der Waals surface area (Å²) < 4.78 is 4.44. The number of carbonyl (C=O) groups is 1. The standard InChI is InChI=1S/C8H8N3O4S/c1-2-14-8(13)15-11-5(3-12)6-4-16-7(9)10-6/h4H,2H2,1H3,(H2,9,10)/b11-5+. The average Bonchev–Trinajstić information content (AvgIpc) is 2.66. The molecule has 0 saturated carbocycles. The zero-order chi connectivity index (χ0) is 12.0. The van der Waals surface area contributed by atoms with E-state index in [0.29, 0.717) is 0 Å². The number of thiazole rings is 1. The molecule has 0 aromatic carbocycles. The molecule has 0 atom stereocenters. The SMILES string of the molecule is CCOC(=O)O/N=C(\[C]=O)c1csc(N)n1. The Morgan fingerprint density at radius 3 is 3.00 bits per heavy atom. The molecule has 0 amide bonds. The van der Waals surface area contributed by atoms with Crippen molar-refractivity contribution in [2.75, 3.05) is 12.3 Å². The second kappa shape index (κ2) is 5.81. The molecule has 0 aliphatic carbocycles. The molecule has 1 heterocycles. The van der Waals surface area contributed by atoms with Crippen molar-refractivity contribution >= 4 is 34.6 Å². The highest BCUT2D eigenvalue weighted by atomic mass is 32.1. The van der Waals surface area contributed by atoms with E-state index in [1.54, 1.807) is 6.92 Å². The third-order valence-electron chi connectivity index (χ3n) is 1.33.